The number of nitrogens with zero attached hydrogens (tertiary/aromatic N) is 2. The van der Waals surface area contributed by atoms with Gasteiger partial charge in [0.2, 0.25) is 5.91 Å². The number of benzene rings is 1. The Labute approximate surface area is 108 Å². The molecule has 3 rings (SSSR count). The maximum absolute atomic E-state index is 11.8. The highest BCUT2D eigenvalue weighted by atomic mass is 32.1. The minimum atomic E-state index is -0.641. The van der Waals surface area contributed by atoms with E-state index in [1.54, 1.807) is 0 Å². The van der Waals surface area contributed by atoms with E-state index in [0.29, 0.717) is 0 Å². The van der Waals surface area contributed by atoms with Crippen molar-refractivity contribution in [1.82, 2.24) is 9.59 Å². The average Bonchev–Trinajstić information content (AvgIpc) is 2.94. The first-order valence-corrected chi connectivity index (χ1v) is 6.49. The lowest BCUT2D eigenvalue weighted by Crippen LogP contribution is -2.37. The van der Waals surface area contributed by atoms with Crippen molar-refractivity contribution in [3.05, 3.63) is 29.6 Å². The van der Waals surface area contributed by atoms with Gasteiger partial charge in [0.25, 0.3) is 0 Å². The van der Waals surface area contributed by atoms with Crippen LogP contribution in [0.5, 0.6) is 0 Å². The van der Waals surface area contributed by atoms with Crippen LogP contribution in [-0.2, 0) is 4.79 Å². The Hall–Kier alpha value is -1.79. The van der Waals surface area contributed by atoms with Gasteiger partial charge in [0, 0.05) is 16.6 Å². The van der Waals surface area contributed by atoms with Gasteiger partial charge in [-0.15, -0.1) is 5.10 Å². The Bertz CT molecular complexity index is 560. The van der Waals surface area contributed by atoms with Crippen molar-refractivity contribution in [2.24, 2.45) is 5.73 Å². The van der Waals surface area contributed by atoms with E-state index in [-0.39, 0.29) is 5.91 Å². The fourth-order valence-corrected chi connectivity index (χ4v) is 2.10. The van der Waals surface area contributed by atoms with E-state index in [1.807, 2.05) is 29.6 Å². The maximum atomic E-state index is 11.8. The number of nitrogens with one attached hydrogen (secondary N) is 1. The van der Waals surface area contributed by atoms with Gasteiger partial charge in [-0.2, -0.15) is 0 Å². The molecule has 1 aromatic carbocycles. The molecule has 0 spiro atoms. The largest absolute Gasteiger partial charge is 0.324 e. The van der Waals surface area contributed by atoms with Crippen molar-refractivity contribution in [3.63, 3.8) is 0 Å². The zero-order chi connectivity index (χ0) is 12.6. The van der Waals surface area contributed by atoms with Gasteiger partial charge in [-0.05, 0) is 36.5 Å². The van der Waals surface area contributed by atoms with Crippen LogP contribution in [-0.4, -0.2) is 21.0 Å². The quantitative estimate of drug-likeness (QED) is 0.879. The molecular weight excluding hydrogens is 248 g/mol. The molecule has 5 nitrogen and oxygen atoms in total. The van der Waals surface area contributed by atoms with Crippen LogP contribution in [0.4, 0.5) is 5.69 Å². The predicted octanol–water partition coefficient (Wildman–Crippen LogP) is 1.63. The van der Waals surface area contributed by atoms with Gasteiger partial charge in [0.15, 0.2) is 0 Å². The second-order valence-corrected chi connectivity index (χ2v) is 5.09. The molecule has 0 saturated heterocycles. The first-order valence-electron chi connectivity index (χ1n) is 5.65. The average molecular weight is 260 g/mol. The minimum Gasteiger partial charge on any atom is -0.324 e. The number of anilines is 1. The van der Waals surface area contributed by atoms with E-state index in [4.69, 9.17) is 5.73 Å². The Morgan fingerprint density at radius 3 is 2.61 bits per heavy atom. The zero-order valence-corrected chi connectivity index (χ0v) is 10.4. The predicted molar refractivity (Wildman–Crippen MR) is 70.1 cm³/mol. The molecule has 0 aliphatic heterocycles. The van der Waals surface area contributed by atoms with E-state index in [9.17, 15) is 4.79 Å². The standard InChI is InChI=1S/C12H12N4OS/c13-12(5-6-12)11(17)14-9-3-1-8(2-4-9)10-7-18-16-15-10/h1-4,7H,5-6,13H2,(H,14,17). The number of amides is 1. The van der Waals surface area contributed by atoms with Gasteiger partial charge in [-0.3, -0.25) is 4.79 Å². The molecule has 1 amide bonds. The van der Waals surface area contributed by atoms with Gasteiger partial charge in [-0.25, -0.2) is 0 Å². The highest BCUT2D eigenvalue weighted by Crippen LogP contribution is 2.33. The fraction of sp³-hybridized carbons (Fsp3) is 0.250. The molecule has 92 valence electrons. The topological polar surface area (TPSA) is 80.9 Å². The number of nitrogens with two attached hydrogens (primary N) is 1. The van der Waals surface area contributed by atoms with Crippen LogP contribution in [0.15, 0.2) is 29.6 Å². The van der Waals surface area contributed by atoms with Crippen molar-refractivity contribution in [3.8, 4) is 11.3 Å². The monoisotopic (exact) mass is 260 g/mol. The maximum Gasteiger partial charge on any atom is 0.244 e. The van der Waals surface area contributed by atoms with Crippen LogP contribution >= 0.6 is 11.5 Å². The molecule has 6 heteroatoms. The molecule has 0 unspecified atom stereocenters. The minimum absolute atomic E-state index is 0.106. The van der Waals surface area contributed by atoms with Crippen LogP contribution < -0.4 is 11.1 Å². The lowest BCUT2D eigenvalue weighted by molar-refractivity contribution is -0.118. The van der Waals surface area contributed by atoms with E-state index < -0.39 is 5.54 Å². The van der Waals surface area contributed by atoms with Crippen molar-refractivity contribution >= 4 is 23.1 Å². The van der Waals surface area contributed by atoms with E-state index in [0.717, 1.165) is 29.8 Å². The summed E-state index contributed by atoms with van der Waals surface area (Å²) >= 11 is 1.31. The third kappa shape index (κ3) is 2.12. The molecule has 1 aromatic heterocycles. The van der Waals surface area contributed by atoms with Crippen LogP contribution in [0.2, 0.25) is 0 Å². The highest BCUT2D eigenvalue weighted by molar-refractivity contribution is 7.03. The Kier molecular flexibility index (Phi) is 2.61. The molecule has 1 aliphatic rings. The van der Waals surface area contributed by atoms with Crippen LogP contribution in [0, 0.1) is 0 Å². The van der Waals surface area contributed by atoms with Gasteiger partial charge in [0.05, 0.1) is 5.54 Å². The Balaban J connectivity index is 1.73. The number of carbonyl (C=O) groups is 1. The van der Waals surface area contributed by atoms with Crippen LogP contribution in [0.25, 0.3) is 11.3 Å². The van der Waals surface area contributed by atoms with Gasteiger partial charge >= 0.3 is 0 Å². The summed E-state index contributed by atoms with van der Waals surface area (Å²) in [6, 6.07) is 7.50. The van der Waals surface area contributed by atoms with Crippen LogP contribution in [0.1, 0.15) is 12.8 Å². The van der Waals surface area contributed by atoms with E-state index >= 15 is 0 Å². The highest BCUT2D eigenvalue weighted by Gasteiger charge is 2.45. The van der Waals surface area contributed by atoms with Crippen molar-refractivity contribution in [2.45, 2.75) is 18.4 Å². The molecule has 1 aliphatic carbocycles. The third-order valence-electron chi connectivity index (χ3n) is 3.04. The third-order valence-corrected chi connectivity index (χ3v) is 3.54. The molecule has 2 aromatic rings. The molecule has 3 N–H and O–H groups in total. The summed E-state index contributed by atoms with van der Waals surface area (Å²) in [6.07, 6.45) is 1.53. The lowest BCUT2D eigenvalue weighted by Gasteiger charge is -2.10. The molecule has 1 saturated carbocycles. The first kappa shape index (κ1) is 11.3. The first-order chi connectivity index (χ1) is 8.67. The molecule has 1 fully saturated rings. The van der Waals surface area contributed by atoms with E-state index in [2.05, 4.69) is 14.9 Å². The Morgan fingerprint density at radius 1 is 1.33 bits per heavy atom. The van der Waals surface area contributed by atoms with Crippen LogP contribution in [0.3, 0.4) is 0 Å². The summed E-state index contributed by atoms with van der Waals surface area (Å²) in [7, 11) is 0. The summed E-state index contributed by atoms with van der Waals surface area (Å²) in [5.74, 6) is -0.106. The SMILES string of the molecule is NC1(C(=O)Nc2ccc(-c3csnn3)cc2)CC1. The normalized spacial score (nSPS) is 16.3. The molecule has 1 heterocycles. The molecule has 0 bridgehead atoms. The fourth-order valence-electron chi connectivity index (χ4n) is 1.63. The van der Waals surface area contributed by atoms with Gasteiger partial charge in [0.1, 0.15) is 5.69 Å². The smallest absolute Gasteiger partial charge is 0.244 e. The molecule has 0 radical (unpaired) electrons. The van der Waals surface area contributed by atoms with Gasteiger partial charge in [-0.1, -0.05) is 16.6 Å². The summed E-state index contributed by atoms with van der Waals surface area (Å²) < 4.78 is 3.82. The Morgan fingerprint density at radius 2 is 2.06 bits per heavy atom. The van der Waals surface area contributed by atoms with Gasteiger partial charge < -0.3 is 11.1 Å². The summed E-state index contributed by atoms with van der Waals surface area (Å²) in [6.45, 7) is 0. The van der Waals surface area contributed by atoms with Crippen molar-refractivity contribution in [1.29, 1.82) is 0 Å². The number of rotatable bonds is 3. The summed E-state index contributed by atoms with van der Waals surface area (Å²) in [5.41, 5.74) is 7.75. The zero-order valence-electron chi connectivity index (χ0n) is 9.59. The lowest BCUT2D eigenvalue weighted by atomic mass is 10.1. The number of hydrogen-bond donors (Lipinski definition) is 2. The number of aromatic nitrogens is 2. The number of carbonyl (C=O) groups excluding carboxylic acids is 1. The van der Waals surface area contributed by atoms with Crippen molar-refractivity contribution < 1.29 is 4.79 Å². The molecular formula is C12H12N4OS. The second-order valence-electron chi connectivity index (χ2n) is 4.48. The van der Waals surface area contributed by atoms with Crippen molar-refractivity contribution in [2.75, 3.05) is 5.32 Å². The molecule has 0 atom stereocenters. The summed E-state index contributed by atoms with van der Waals surface area (Å²) in [4.78, 5) is 11.8. The summed E-state index contributed by atoms with van der Waals surface area (Å²) in [5, 5.41) is 8.69. The van der Waals surface area contributed by atoms with E-state index in [1.165, 1.54) is 11.5 Å². The molecule has 18 heavy (non-hydrogen) atoms. The number of hydrogen-bond acceptors (Lipinski definition) is 5. The second kappa shape index (κ2) is 4.15.